The molecule has 0 bridgehead atoms. The Morgan fingerprint density at radius 1 is 1.48 bits per heavy atom. The Balaban J connectivity index is 2.25. The number of aromatic nitrogens is 3. The fraction of sp³-hybridized carbons (Fsp3) is 0.368. The molecule has 0 aliphatic carbocycles. The van der Waals surface area contributed by atoms with Crippen LogP contribution in [0, 0.1) is 12.3 Å². The summed E-state index contributed by atoms with van der Waals surface area (Å²) < 4.78 is 38.6. The van der Waals surface area contributed by atoms with E-state index >= 15 is 0 Å². The third-order valence-corrected chi connectivity index (χ3v) is 4.91. The van der Waals surface area contributed by atoms with Crippen molar-refractivity contribution in [2.24, 2.45) is 5.16 Å². The molecule has 0 unspecified atom stereocenters. The largest absolute Gasteiger partial charge is 0.396 e. The molecular formula is C19H19ClF3N5O2S. The van der Waals surface area contributed by atoms with Crippen LogP contribution in [0.25, 0.3) is 5.69 Å². The van der Waals surface area contributed by atoms with Crippen LogP contribution >= 0.6 is 23.4 Å². The molecule has 0 aliphatic rings. The zero-order valence-corrected chi connectivity index (χ0v) is 18.0. The minimum absolute atomic E-state index is 0.00735. The summed E-state index contributed by atoms with van der Waals surface area (Å²) in [6.45, 7) is 1.69. The zero-order chi connectivity index (χ0) is 22.9. The minimum atomic E-state index is -4.28. The molecule has 0 atom stereocenters. The molecule has 2 aromatic rings. The van der Waals surface area contributed by atoms with Crippen LogP contribution in [-0.2, 0) is 9.63 Å². The van der Waals surface area contributed by atoms with Crippen molar-refractivity contribution in [1.82, 2.24) is 14.8 Å². The molecule has 0 aromatic carbocycles. The van der Waals surface area contributed by atoms with Crippen molar-refractivity contribution >= 4 is 40.7 Å². The van der Waals surface area contributed by atoms with Gasteiger partial charge in [0.1, 0.15) is 12.3 Å². The predicted octanol–water partition coefficient (Wildman–Crippen LogP) is 3.97. The standard InChI is InChI=1S/C19H19ClF3N5O2S/c1-3-9-27(16-12-28(25-17(16)20)14-6-5-8-24-11-14)18(29)15(26-30-4-2)13-31-10-7-19(21,22)23/h1,5-6,8,11-12H,4,7,9-10,13H2,2H3/b26-15-. The molecule has 0 N–H and O–H groups in total. The average molecular weight is 474 g/mol. The van der Waals surface area contributed by atoms with Crippen LogP contribution < -0.4 is 4.90 Å². The lowest BCUT2D eigenvalue weighted by atomic mass is 10.3. The number of pyridine rings is 1. The van der Waals surface area contributed by atoms with E-state index in [0.717, 1.165) is 11.8 Å². The van der Waals surface area contributed by atoms with Gasteiger partial charge in [0, 0.05) is 17.7 Å². The quantitative estimate of drug-likeness (QED) is 0.226. The van der Waals surface area contributed by atoms with E-state index in [1.807, 2.05) is 0 Å². The van der Waals surface area contributed by atoms with Gasteiger partial charge in [-0.15, -0.1) is 6.42 Å². The van der Waals surface area contributed by atoms with Crippen LogP contribution in [0.2, 0.25) is 5.15 Å². The number of anilines is 1. The van der Waals surface area contributed by atoms with E-state index in [1.165, 1.54) is 15.8 Å². The van der Waals surface area contributed by atoms with Crippen molar-refractivity contribution in [2.45, 2.75) is 19.5 Å². The second kappa shape index (κ2) is 11.6. The molecule has 2 aromatic heterocycles. The number of alkyl halides is 3. The Morgan fingerprint density at radius 3 is 2.87 bits per heavy atom. The number of oxime groups is 1. The van der Waals surface area contributed by atoms with Crippen LogP contribution in [0.3, 0.4) is 0 Å². The first kappa shape index (κ1) is 24.6. The van der Waals surface area contributed by atoms with Gasteiger partial charge in [0.25, 0.3) is 5.91 Å². The normalized spacial score (nSPS) is 11.8. The molecule has 2 heterocycles. The molecule has 0 saturated heterocycles. The summed E-state index contributed by atoms with van der Waals surface area (Å²) in [6.07, 6.45) is 4.81. The number of hydrogen-bond acceptors (Lipinski definition) is 6. The summed E-state index contributed by atoms with van der Waals surface area (Å²) in [5.41, 5.74) is 0.738. The molecule has 0 spiro atoms. The molecule has 7 nitrogen and oxygen atoms in total. The Kier molecular flexibility index (Phi) is 9.21. The number of terminal acetylenes is 1. The maximum absolute atomic E-state index is 13.1. The molecular weight excluding hydrogens is 455 g/mol. The molecule has 166 valence electrons. The van der Waals surface area contributed by atoms with E-state index in [-0.39, 0.29) is 41.2 Å². The number of carbonyl (C=O) groups excluding carboxylic acids is 1. The van der Waals surface area contributed by atoms with Gasteiger partial charge >= 0.3 is 6.18 Å². The third kappa shape index (κ3) is 7.48. The molecule has 12 heteroatoms. The molecule has 0 radical (unpaired) electrons. The summed E-state index contributed by atoms with van der Waals surface area (Å²) in [4.78, 5) is 23.3. The van der Waals surface area contributed by atoms with Crippen molar-refractivity contribution in [1.29, 1.82) is 0 Å². The lowest BCUT2D eigenvalue weighted by Gasteiger charge is -2.19. The number of thioether (sulfide) groups is 1. The fourth-order valence-corrected chi connectivity index (χ4v) is 3.41. The fourth-order valence-electron chi connectivity index (χ4n) is 2.29. The maximum Gasteiger partial charge on any atom is 0.389 e. The van der Waals surface area contributed by atoms with E-state index in [0.29, 0.717) is 5.69 Å². The van der Waals surface area contributed by atoms with Gasteiger partial charge in [0.15, 0.2) is 10.9 Å². The van der Waals surface area contributed by atoms with E-state index in [9.17, 15) is 18.0 Å². The average Bonchev–Trinajstić information content (AvgIpc) is 3.12. The van der Waals surface area contributed by atoms with Gasteiger partial charge in [-0.25, -0.2) is 4.68 Å². The smallest absolute Gasteiger partial charge is 0.389 e. The van der Waals surface area contributed by atoms with E-state index < -0.39 is 18.5 Å². The van der Waals surface area contributed by atoms with Crippen LogP contribution in [0.4, 0.5) is 18.9 Å². The number of rotatable bonds is 10. The van der Waals surface area contributed by atoms with Crippen LogP contribution in [0.5, 0.6) is 0 Å². The number of nitrogens with zero attached hydrogens (tertiary/aromatic N) is 5. The van der Waals surface area contributed by atoms with Crippen molar-refractivity contribution in [3.8, 4) is 18.0 Å². The highest BCUT2D eigenvalue weighted by molar-refractivity contribution is 8.00. The minimum Gasteiger partial charge on any atom is -0.396 e. The zero-order valence-electron chi connectivity index (χ0n) is 16.5. The third-order valence-electron chi connectivity index (χ3n) is 3.67. The first-order valence-electron chi connectivity index (χ1n) is 9.01. The van der Waals surface area contributed by atoms with E-state index in [4.69, 9.17) is 22.9 Å². The first-order valence-corrected chi connectivity index (χ1v) is 10.5. The number of hydrogen-bond donors (Lipinski definition) is 0. The molecule has 2 rings (SSSR count). The van der Waals surface area contributed by atoms with Gasteiger partial charge in [-0.05, 0) is 19.1 Å². The van der Waals surface area contributed by atoms with Gasteiger partial charge in [-0.2, -0.15) is 30.0 Å². The highest BCUT2D eigenvalue weighted by atomic mass is 35.5. The number of amides is 1. The van der Waals surface area contributed by atoms with Crippen molar-refractivity contribution in [3.63, 3.8) is 0 Å². The van der Waals surface area contributed by atoms with Crippen molar-refractivity contribution in [3.05, 3.63) is 35.9 Å². The summed E-state index contributed by atoms with van der Waals surface area (Å²) >= 11 is 7.15. The van der Waals surface area contributed by atoms with Gasteiger partial charge in [-0.1, -0.05) is 22.7 Å². The van der Waals surface area contributed by atoms with Gasteiger partial charge in [-0.3, -0.25) is 14.7 Å². The SMILES string of the molecule is C#CCN(C(=O)/C(CSCCC(F)(F)F)=N\OCC)c1cn(-c2cccnc2)nc1Cl. The topological polar surface area (TPSA) is 72.6 Å². The van der Waals surface area contributed by atoms with Crippen molar-refractivity contribution in [2.75, 3.05) is 29.6 Å². The number of carbonyl (C=O) groups is 1. The summed E-state index contributed by atoms with van der Waals surface area (Å²) in [5.74, 6) is 1.41. The highest BCUT2D eigenvalue weighted by Gasteiger charge is 2.28. The van der Waals surface area contributed by atoms with Gasteiger partial charge in [0.05, 0.1) is 31.0 Å². The highest BCUT2D eigenvalue weighted by Crippen LogP contribution is 2.27. The number of halogens is 4. The Bertz CT molecular complexity index is 944. The monoisotopic (exact) mass is 473 g/mol. The second-order valence-electron chi connectivity index (χ2n) is 5.93. The molecule has 0 saturated carbocycles. The molecule has 1 amide bonds. The summed E-state index contributed by atoms with van der Waals surface area (Å²) in [7, 11) is 0. The van der Waals surface area contributed by atoms with Gasteiger partial charge < -0.3 is 4.84 Å². The second-order valence-corrected chi connectivity index (χ2v) is 7.39. The predicted molar refractivity (Wildman–Crippen MR) is 115 cm³/mol. The van der Waals surface area contributed by atoms with Crippen molar-refractivity contribution < 1.29 is 22.8 Å². The van der Waals surface area contributed by atoms with Crippen LogP contribution in [-0.4, -0.2) is 57.2 Å². The van der Waals surface area contributed by atoms with Crippen LogP contribution in [0.15, 0.2) is 35.9 Å². The molecule has 0 fully saturated rings. The lowest BCUT2D eigenvalue weighted by molar-refractivity contribution is -0.129. The summed E-state index contributed by atoms with van der Waals surface area (Å²) in [5, 5.41) is 7.95. The Morgan fingerprint density at radius 2 is 2.26 bits per heavy atom. The van der Waals surface area contributed by atoms with Crippen LogP contribution in [0.1, 0.15) is 13.3 Å². The first-order chi connectivity index (χ1) is 14.8. The van der Waals surface area contributed by atoms with E-state index in [2.05, 4.69) is 21.2 Å². The maximum atomic E-state index is 13.1. The summed E-state index contributed by atoms with van der Waals surface area (Å²) in [6, 6.07) is 3.45. The molecule has 0 aliphatic heterocycles. The van der Waals surface area contributed by atoms with Gasteiger partial charge in [0.2, 0.25) is 0 Å². The lowest BCUT2D eigenvalue weighted by Crippen LogP contribution is -2.38. The molecule has 31 heavy (non-hydrogen) atoms. The van der Waals surface area contributed by atoms with E-state index in [1.54, 1.807) is 31.5 Å². The Hall–Kier alpha value is -2.71. The Labute approximate surface area is 186 Å².